The van der Waals surface area contributed by atoms with E-state index in [-0.39, 0.29) is 18.2 Å². The third kappa shape index (κ3) is 2.30. The normalized spacial score (nSPS) is 36.0. The summed E-state index contributed by atoms with van der Waals surface area (Å²) in [5, 5.41) is 0. The van der Waals surface area contributed by atoms with E-state index in [2.05, 4.69) is 42.7 Å². The van der Waals surface area contributed by atoms with Gasteiger partial charge in [-0.3, -0.25) is 4.90 Å². The van der Waals surface area contributed by atoms with Crippen molar-refractivity contribution in [3.8, 4) is 0 Å². The molecular formula is C17H23NO2. The summed E-state index contributed by atoms with van der Waals surface area (Å²) in [6.07, 6.45) is 2.20. The van der Waals surface area contributed by atoms with Crippen molar-refractivity contribution in [1.82, 2.24) is 4.90 Å². The standard InChI is InChI=1S/C17H23NO2/c1-5-14-16-15(19-17(3,4)20-16)12(2)18(14)11-13-9-7-6-8-10-13/h5-10,12,14-16H,1,11H2,2-4H3/t12-,14+,15-,16+/m1/s1. The zero-order valence-corrected chi connectivity index (χ0v) is 12.5. The van der Waals surface area contributed by atoms with Gasteiger partial charge in [0.2, 0.25) is 0 Å². The molecular weight excluding hydrogens is 250 g/mol. The van der Waals surface area contributed by atoms with Crippen LogP contribution in [-0.4, -0.2) is 35.0 Å². The van der Waals surface area contributed by atoms with Gasteiger partial charge in [-0.25, -0.2) is 0 Å². The zero-order valence-electron chi connectivity index (χ0n) is 12.5. The number of hydrogen-bond acceptors (Lipinski definition) is 3. The molecule has 0 saturated carbocycles. The van der Waals surface area contributed by atoms with E-state index in [1.165, 1.54) is 5.56 Å². The number of benzene rings is 1. The first kappa shape index (κ1) is 13.8. The maximum Gasteiger partial charge on any atom is 0.163 e. The van der Waals surface area contributed by atoms with Crippen LogP contribution in [0, 0.1) is 0 Å². The molecule has 3 nitrogen and oxygen atoms in total. The lowest BCUT2D eigenvalue weighted by Gasteiger charge is -2.31. The lowest BCUT2D eigenvalue weighted by molar-refractivity contribution is -0.165. The molecule has 3 rings (SSSR count). The minimum Gasteiger partial charge on any atom is -0.343 e. The van der Waals surface area contributed by atoms with Crippen molar-refractivity contribution in [2.75, 3.05) is 0 Å². The molecule has 108 valence electrons. The van der Waals surface area contributed by atoms with E-state index in [9.17, 15) is 0 Å². The Labute approximate surface area is 121 Å². The Balaban J connectivity index is 1.81. The summed E-state index contributed by atoms with van der Waals surface area (Å²) in [6, 6.07) is 11.1. The molecule has 0 spiro atoms. The highest BCUT2D eigenvalue weighted by Crippen LogP contribution is 2.41. The smallest absolute Gasteiger partial charge is 0.163 e. The van der Waals surface area contributed by atoms with Gasteiger partial charge in [-0.1, -0.05) is 36.4 Å². The molecule has 0 amide bonds. The van der Waals surface area contributed by atoms with Crippen molar-refractivity contribution in [3.63, 3.8) is 0 Å². The first-order valence-electron chi connectivity index (χ1n) is 7.30. The number of ether oxygens (including phenoxy) is 2. The monoisotopic (exact) mass is 273 g/mol. The second-order valence-corrected chi connectivity index (χ2v) is 6.19. The predicted molar refractivity (Wildman–Crippen MR) is 79.3 cm³/mol. The largest absolute Gasteiger partial charge is 0.343 e. The third-order valence-electron chi connectivity index (χ3n) is 4.33. The van der Waals surface area contributed by atoms with Gasteiger partial charge in [0, 0.05) is 12.6 Å². The molecule has 0 N–H and O–H groups in total. The number of likely N-dealkylation sites (tertiary alicyclic amines) is 1. The maximum absolute atomic E-state index is 6.08. The Morgan fingerprint density at radius 2 is 1.85 bits per heavy atom. The van der Waals surface area contributed by atoms with Gasteiger partial charge in [0.05, 0.1) is 6.04 Å². The van der Waals surface area contributed by atoms with E-state index in [0.717, 1.165) is 6.54 Å². The second-order valence-electron chi connectivity index (χ2n) is 6.19. The van der Waals surface area contributed by atoms with Crippen LogP contribution in [0.1, 0.15) is 26.3 Å². The van der Waals surface area contributed by atoms with Gasteiger partial charge in [-0.2, -0.15) is 0 Å². The second kappa shape index (κ2) is 4.99. The lowest BCUT2D eigenvalue weighted by Crippen LogP contribution is -2.40. The fraction of sp³-hybridized carbons (Fsp3) is 0.529. The molecule has 2 fully saturated rings. The number of nitrogens with zero attached hydrogens (tertiary/aromatic N) is 1. The molecule has 2 aliphatic heterocycles. The van der Waals surface area contributed by atoms with Crippen LogP contribution in [0.5, 0.6) is 0 Å². The van der Waals surface area contributed by atoms with E-state index >= 15 is 0 Å². The molecule has 1 aromatic rings. The summed E-state index contributed by atoms with van der Waals surface area (Å²) < 4.78 is 12.2. The number of fused-ring (bicyclic) bond motifs is 1. The first-order chi connectivity index (χ1) is 9.52. The van der Waals surface area contributed by atoms with Crippen molar-refractivity contribution in [3.05, 3.63) is 48.6 Å². The van der Waals surface area contributed by atoms with Crippen LogP contribution in [0.2, 0.25) is 0 Å². The van der Waals surface area contributed by atoms with E-state index in [4.69, 9.17) is 9.47 Å². The summed E-state index contributed by atoms with van der Waals surface area (Å²) in [5.41, 5.74) is 1.31. The summed E-state index contributed by atoms with van der Waals surface area (Å²) in [4.78, 5) is 2.42. The molecule has 0 unspecified atom stereocenters. The van der Waals surface area contributed by atoms with Gasteiger partial charge in [0.1, 0.15) is 12.2 Å². The van der Waals surface area contributed by atoms with Crippen LogP contribution in [-0.2, 0) is 16.0 Å². The fourth-order valence-electron chi connectivity index (χ4n) is 3.42. The highest BCUT2D eigenvalue weighted by molar-refractivity contribution is 5.18. The quantitative estimate of drug-likeness (QED) is 0.790. The van der Waals surface area contributed by atoms with Crippen molar-refractivity contribution in [2.24, 2.45) is 0 Å². The van der Waals surface area contributed by atoms with Crippen LogP contribution in [0.3, 0.4) is 0 Å². The fourth-order valence-corrected chi connectivity index (χ4v) is 3.42. The van der Waals surface area contributed by atoms with Crippen LogP contribution in [0.4, 0.5) is 0 Å². The van der Waals surface area contributed by atoms with Crippen LogP contribution >= 0.6 is 0 Å². The zero-order chi connectivity index (χ0) is 14.3. The van der Waals surface area contributed by atoms with E-state index < -0.39 is 5.79 Å². The molecule has 0 bridgehead atoms. The van der Waals surface area contributed by atoms with Crippen molar-refractivity contribution in [1.29, 1.82) is 0 Å². The summed E-state index contributed by atoms with van der Waals surface area (Å²) in [7, 11) is 0. The highest BCUT2D eigenvalue weighted by atomic mass is 16.8. The van der Waals surface area contributed by atoms with Gasteiger partial charge in [-0.05, 0) is 26.3 Å². The van der Waals surface area contributed by atoms with Gasteiger partial charge in [0.15, 0.2) is 5.79 Å². The molecule has 0 radical (unpaired) electrons. The minimum atomic E-state index is -0.482. The molecule has 2 heterocycles. The van der Waals surface area contributed by atoms with Gasteiger partial charge >= 0.3 is 0 Å². The first-order valence-corrected chi connectivity index (χ1v) is 7.30. The summed E-state index contributed by atoms with van der Waals surface area (Å²) >= 11 is 0. The Morgan fingerprint density at radius 1 is 1.20 bits per heavy atom. The minimum absolute atomic E-state index is 0.0845. The number of hydrogen-bond donors (Lipinski definition) is 0. The van der Waals surface area contributed by atoms with Crippen molar-refractivity contribution < 1.29 is 9.47 Å². The van der Waals surface area contributed by atoms with Crippen molar-refractivity contribution >= 4 is 0 Å². The van der Waals surface area contributed by atoms with Crippen molar-refractivity contribution in [2.45, 2.75) is 57.4 Å². The molecule has 2 aliphatic rings. The molecule has 20 heavy (non-hydrogen) atoms. The number of rotatable bonds is 3. The SMILES string of the molecule is C=C[C@H]1[C@@H]2OC(C)(C)O[C@@H]2[C@@H](C)N1Cc1ccccc1. The Morgan fingerprint density at radius 3 is 2.50 bits per heavy atom. The maximum atomic E-state index is 6.08. The highest BCUT2D eigenvalue weighted by Gasteiger charge is 2.55. The molecule has 3 heteroatoms. The molecule has 1 aromatic carbocycles. The predicted octanol–water partition coefficient (Wildman–Crippen LogP) is 2.97. The Bertz CT molecular complexity index is 485. The Hall–Kier alpha value is -1.16. The van der Waals surface area contributed by atoms with Crippen LogP contribution < -0.4 is 0 Å². The third-order valence-corrected chi connectivity index (χ3v) is 4.33. The molecule has 0 aliphatic carbocycles. The molecule has 0 aromatic heterocycles. The lowest BCUT2D eigenvalue weighted by atomic mass is 10.1. The van der Waals surface area contributed by atoms with E-state index in [1.54, 1.807) is 0 Å². The average Bonchev–Trinajstić information content (AvgIpc) is 2.85. The summed E-state index contributed by atoms with van der Waals surface area (Å²) in [5.74, 6) is -0.482. The Kier molecular flexibility index (Phi) is 3.44. The van der Waals surface area contributed by atoms with Gasteiger partial charge in [0.25, 0.3) is 0 Å². The van der Waals surface area contributed by atoms with Gasteiger partial charge in [-0.15, -0.1) is 6.58 Å². The molecule has 4 atom stereocenters. The van der Waals surface area contributed by atoms with E-state index in [1.807, 2.05) is 26.0 Å². The van der Waals surface area contributed by atoms with Gasteiger partial charge < -0.3 is 9.47 Å². The van der Waals surface area contributed by atoms with E-state index in [0.29, 0.717) is 6.04 Å². The summed E-state index contributed by atoms with van der Waals surface area (Å²) in [6.45, 7) is 11.1. The van der Waals surface area contributed by atoms with Crippen LogP contribution in [0.25, 0.3) is 0 Å². The average molecular weight is 273 g/mol. The van der Waals surface area contributed by atoms with Crippen LogP contribution in [0.15, 0.2) is 43.0 Å². The topological polar surface area (TPSA) is 21.7 Å². The molecule has 2 saturated heterocycles.